The fourth-order valence-electron chi connectivity index (χ4n) is 2.44. The number of likely N-dealkylation sites (tertiary alicyclic amines) is 1. The zero-order chi connectivity index (χ0) is 11.4. The lowest BCUT2D eigenvalue weighted by molar-refractivity contribution is 0.0363. The van der Waals surface area contributed by atoms with Gasteiger partial charge >= 0.3 is 0 Å². The van der Waals surface area contributed by atoms with Crippen LogP contribution in [0.2, 0.25) is 0 Å². The van der Waals surface area contributed by atoms with Crippen molar-refractivity contribution in [2.45, 2.75) is 25.9 Å². The van der Waals surface area contributed by atoms with E-state index in [1.807, 2.05) is 30.3 Å². The number of hydrogen-bond donors (Lipinski definition) is 1. The Hall–Kier alpha value is -0.860. The molecule has 2 nitrogen and oxygen atoms in total. The molecule has 1 unspecified atom stereocenters. The minimum atomic E-state index is -0.330. The molecular formula is C14H21NO. The molecule has 1 N–H and O–H groups in total. The lowest BCUT2D eigenvalue weighted by Crippen LogP contribution is -2.48. The zero-order valence-electron chi connectivity index (χ0n) is 9.97. The topological polar surface area (TPSA) is 23.5 Å². The average Bonchev–Trinajstić information content (AvgIpc) is 2.27. The van der Waals surface area contributed by atoms with Crippen molar-refractivity contribution in [1.82, 2.24) is 4.90 Å². The Morgan fingerprint density at radius 2 is 2.00 bits per heavy atom. The molecular weight excluding hydrogens is 198 g/mol. The minimum Gasteiger partial charge on any atom is -0.387 e. The van der Waals surface area contributed by atoms with Crippen LogP contribution in [-0.4, -0.2) is 29.6 Å². The highest BCUT2D eigenvalue weighted by atomic mass is 16.3. The maximum atomic E-state index is 10.0. The Morgan fingerprint density at radius 1 is 1.31 bits per heavy atom. The van der Waals surface area contributed by atoms with Crippen molar-refractivity contribution in [3.05, 3.63) is 35.9 Å². The van der Waals surface area contributed by atoms with Crippen LogP contribution in [0.4, 0.5) is 0 Å². The third kappa shape index (κ3) is 2.83. The van der Waals surface area contributed by atoms with Crippen LogP contribution in [0.3, 0.4) is 0 Å². The maximum absolute atomic E-state index is 10.0. The van der Waals surface area contributed by atoms with Crippen LogP contribution in [-0.2, 0) is 0 Å². The van der Waals surface area contributed by atoms with E-state index in [1.54, 1.807) is 0 Å². The summed E-state index contributed by atoms with van der Waals surface area (Å²) < 4.78 is 0. The van der Waals surface area contributed by atoms with Gasteiger partial charge in [0.1, 0.15) is 0 Å². The molecule has 2 rings (SSSR count). The molecule has 0 amide bonds. The van der Waals surface area contributed by atoms with Gasteiger partial charge in [-0.25, -0.2) is 0 Å². The van der Waals surface area contributed by atoms with Crippen molar-refractivity contribution in [2.24, 2.45) is 5.92 Å². The van der Waals surface area contributed by atoms with E-state index in [-0.39, 0.29) is 6.10 Å². The van der Waals surface area contributed by atoms with Gasteiger partial charge in [-0.05, 0) is 17.9 Å². The second kappa shape index (κ2) is 5.46. The van der Waals surface area contributed by atoms with E-state index >= 15 is 0 Å². The molecule has 16 heavy (non-hydrogen) atoms. The molecule has 1 heterocycles. The smallest absolute Gasteiger partial charge is 0.0916 e. The highest BCUT2D eigenvalue weighted by Gasteiger charge is 2.27. The molecule has 1 saturated heterocycles. The second-order valence-corrected chi connectivity index (χ2v) is 4.80. The number of aliphatic hydroxyl groups excluding tert-OH is 1. The molecule has 0 saturated carbocycles. The van der Waals surface area contributed by atoms with Crippen molar-refractivity contribution >= 4 is 0 Å². The van der Waals surface area contributed by atoms with E-state index in [0.29, 0.717) is 0 Å². The second-order valence-electron chi connectivity index (χ2n) is 4.80. The molecule has 1 atom stereocenters. The van der Waals surface area contributed by atoms with Gasteiger partial charge in [0.05, 0.1) is 6.10 Å². The molecule has 1 aliphatic rings. The van der Waals surface area contributed by atoms with Crippen LogP contribution in [0.1, 0.15) is 31.4 Å². The van der Waals surface area contributed by atoms with Gasteiger partial charge in [0.15, 0.2) is 0 Å². The Labute approximate surface area is 97.9 Å². The van der Waals surface area contributed by atoms with E-state index in [2.05, 4.69) is 11.8 Å². The summed E-state index contributed by atoms with van der Waals surface area (Å²) in [6.07, 6.45) is 2.28. The molecule has 0 radical (unpaired) electrons. The van der Waals surface area contributed by atoms with Crippen LogP contribution >= 0.6 is 0 Å². The van der Waals surface area contributed by atoms with Crippen molar-refractivity contribution in [1.29, 1.82) is 0 Å². The first-order chi connectivity index (χ1) is 7.79. The Morgan fingerprint density at radius 3 is 2.62 bits per heavy atom. The molecule has 88 valence electrons. The number of nitrogens with zero attached hydrogens (tertiary/aromatic N) is 1. The Balaban J connectivity index is 1.75. The van der Waals surface area contributed by atoms with E-state index in [4.69, 9.17) is 0 Å². The molecule has 0 spiro atoms. The van der Waals surface area contributed by atoms with Crippen LogP contribution < -0.4 is 0 Å². The van der Waals surface area contributed by atoms with E-state index in [0.717, 1.165) is 31.1 Å². The van der Waals surface area contributed by atoms with E-state index < -0.39 is 0 Å². The van der Waals surface area contributed by atoms with Crippen molar-refractivity contribution < 1.29 is 5.11 Å². The first-order valence-corrected chi connectivity index (χ1v) is 6.25. The van der Waals surface area contributed by atoms with E-state index in [1.165, 1.54) is 12.8 Å². The zero-order valence-corrected chi connectivity index (χ0v) is 9.97. The number of β-amino-alcohol motifs (C(OH)–C–C–N with tert-alkyl or cyclic N) is 1. The van der Waals surface area contributed by atoms with Gasteiger partial charge < -0.3 is 5.11 Å². The van der Waals surface area contributed by atoms with Gasteiger partial charge in [-0.15, -0.1) is 0 Å². The Kier molecular flexibility index (Phi) is 3.97. The highest BCUT2D eigenvalue weighted by molar-refractivity contribution is 5.17. The first-order valence-electron chi connectivity index (χ1n) is 6.25. The van der Waals surface area contributed by atoms with Crippen LogP contribution in [0.15, 0.2) is 30.3 Å². The highest BCUT2D eigenvalue weighted by Crippen LogP contribution is 2.23. The fourth-order valence-corrected chi connectivity index (χ4v) is 2.44. The molecule has 1 aromatic rings. The normalized spacial score (nSPS) is 19.4. The molecule has 1 aromatic carbocycles. The lowest BCUT2D eigenvalue weighted by Gasteiger charge is -2.40. The van der Waals surface area contributed by atoms with Gasteiger partial charge in [-0.2, -0.15) is 0 Å². The van der Waals surface area contributed by atoms with Crippen LogP contribution in [0.5, 0.6) is 0 Å². The van der Waals surface area contributed by atoms with Gasteiger partial charge in [-0.1, -0.05) is 43.7 Å². The summed E-state index contributed by atoms with van der Waals surface area (Å²) in [5.74, 6) is 0.868. The van der Waals surface area contributed by atoms with Gasteiger partial charge in [0.25, 0.3) is 0 Å². The van der Waals surface area contributed by atoms with Crippen molar-refractivity contribution in [3.63, 3.8) is 0 Å². The predicted octanol–water partition coefficient (Wildman–Crippen LogP) is 2.45. The molecule has 0 bridgehead atoms. The summed E-state index contributed by atoms with van der Waals surface area (Å²) in [7, 11) is 0. The summed E-state index contributed by atoms with van der Waals surface area (Å²) >= 11 is 0. The standard InChI is InChI=1S/C14H21NO/c1-2-6-12-9-15(10-12)11-14(16)13-7-4-3-5-8-13/h3-5,7-8,12,14,16H,2,6,9-11H2,1H3. The molecule has 1 aliphatic heterocycles. The molecule has 0 aliphatic carbocycles. The largest absolute Gasteiger partial charge is 0.387 e. The monoisotopic (exact) mass is 219 g/mol. The number of hydrogen-bond acceptors (Lipinski definition) is 2. The Bertz CT molecular complexity index is 306. The number of benzene rings is 1. The summed E-state index contributed by atoms with van der Waals surface area (Å²) in [6, 6.07) is 9.93. The van der Waals surface area contributed by atoms with Crippen molar-refractivity contribution in [2.75, 3.05) is 19.6 Å². The van der Waals surface area contributed by atoms with Crippen LogP contribution in [0.25, 0.3) is 0 Å². The third-order valence-electron chi connectivity index (χ3n) is 3.35. The molecule has 1 fully saturated rings. The lowest BCUT2D eigenvalue weighted by atomic mass is 9.94. The average molecular weight is 219 g/mol. The quantitative estimate of drug-likeness (QED) is 0.822. The van der Waals surface area contributed by atoms with Gasteiger partial charge in [0.2, 0.25) is 0 Å². The summed E-state index contributed by atoms with van der Waals surface area (Å²) in [5.41, 5.74) is 1.03. The number of rotatable bonds is 5. The summed E-state index contributed by atoms with van der Waals surface area (Å²) in [6.45, 7) is 5.35. The summed E-state index contributed by atoms with van der Waals surface area (Å²) in [4.78, 5) is 2.35. The molecule has 2 heteroatoms. The van der Waals surface area contributed by atoms with Crippen molar-refractivity contribution in [3.8, 4) is 0 Å². The number of aliphatic hydroxyl groups is 1. The third-order valence-corrected chi connectivity index (χ3v) is 3.35. The minimum absolute atomic E-state index is 0.330. The first kappa shape index (κ1) is 11.6. The van der Waals surface area contributed by atoms with Gasteiger partial charge in [-0.3, -0.25) is 4.90 Å². The SMILES string of the molecule is CCCC1CN(CC(O)c2ccccc2)C1. The summed E-state index contributed by atoms with van der Waals surface area (Å²) in [5, 5.41) is 10.0. The predicted molar refractivity (Wildman–Crippen MR) is 66.2 cm³/mol. The fraction of sp³-hybridized carbons (Fsp3) is 0.571. The van der Waals surface area contributed by atoms with Crippen LogP contribution in [0, 0.1) is 5.92 Å². The molecule has 0 aromatic heterocycles. The van der Waals surface area contributed by atoms with Gasteiger partial charge in [0, 0.05) is 19.6 Å². The van der Waals surface area contributed by atoms with E-state index in [9.17, 15) is 5.11 Å². The maximum Gasteiger partial charge on any atom is 0.0916 e.